The van der Waals surface area contributed by atoms with Crippen LogP contribution in [0.15, 0.2) is 23.2 Å². The van der Waals surface area contributed by atoms with E-state index in [1.54, 1.807) is 19.2 Å². The first-order valence-corrected chi connectivity index (χ1v) is 7.23. The van der Waals surface area contributed by atoms with Crippen LogP contribution in [-0.4, -0.2) is 46.5 Å². The molecule has 0 aliphatic heterocycles. The van der Waals surface area contributed by atoms with Crippen LogP contribution in [0.4, 0.5) is 8.78 Å². The molecule has 6 nitrogen and oxygen atoms in total. The number of guanidine groups is 1. The molecule has 0 heterocycles. The second kappa shape index (κ2) is 10.6. The molecule has 0 aliphatic rings. The van der Waals surface area contributed by atoms with Gasteiger partial charge in [-0.3, -0.25) is 0 Å². The summed E-state index contributed by atoms with van der Waals surface area (Å²) in [6.45, 7) is 1.01. The smallest absolute Gasteiger partial charge is 0.387 e. The lowest BCUT2D eigenvalue weighted by molar-refractivity contribution is -0.0504. The van der Waals surface area contributed by atoms with Crippen molar-refractivity contribution in [3.8, 4) is 11.5 Å². The Hall–Kier alpha value is -2.09. The average Bonchev–Trinajstić information content (AvgIpc) is 2.53. The SMILES string of the molecule is CCNC(=NCc1cc(OC)ccc1OC(F)F)NCCOC. The molecular weight excluding hydrogens is 308 g/mol. The first-order chi connectivity index (χ1) is 11.1. The van der Waals surface area contributed by atoms with Crippen molar-refractivity contribution in [2.24, 2.45) is 4.99 Å². The maximum absolute atomic E-state index is 12.5. The van der Waals surface area contributed by atoms with Crippen LogP contribution in [0.1, 0.15) is 12.5 Å². The summed E-state index contributed by atoms with van der Waals surface area (Å²) in [7, 11) is 3.11. The Labute approximate surface area is 134 Å². The van der Waals surface area contributed by atoms with Gasteiger partial charge in [0.15, 0.2) is 5.96 Å². The van der Waals surface area contributed by atoms with Crippen molar-refractivity contribution in [2.75, 3.05) is 33.9 Å². The highest BCUT2D eigenvalue weighted by Crippen LogP contribution is 2.26. The molecule has 1 rings (SSSR count). The normalized spacial score (nSPS) is 11.5. The maximum Gasteiger partial charge on any atom is 0.387 e. The number of alkyl halides is 2. The number of nitrogens with one attached hydrogen (secondary N) is 2. The van der Waals surface area contributed by atoms with Crippen molar-refractivity contribution in [1.29, 1.82) is 0 Å². The van der Waals surface area contributed by atoms with E-state index in [4.69, 9.17) is 9.47 Å². The van der Waals surface area contributed by atoms with Gasteiger partial charge in [0.25, 0.3) is 0 Å². The summed E-state index contributed by atoms with van der Waals surface area (Å²) in [4.78, 5) is 4.36. The molecule has 1 aromatic rings. The van der Waals surface area contributed by atoms with Gasteiger partial charge in [-0.2, -0.15) is 8.78 Å². The van der Waals surface area contributed by atoms with Gasteiger partial charge in [0.2, 0.25) is 0 Å². The van der Waals surface area contributed by atoms with Crippen LogP contribution in [0.3, 0.4) is 0 Å². The number of hydrogen-bond acceptors (Lipinski definition) is 4. The van der Waals surface area contributed by atoms with Crippen LogP contribution < -0.4 is 20.1 Å². The van der Waals surface area contributed by atoms with E-state index < -0.39 is 6.61 Å². The second-order valence-electron chi connectivity index (χ2n) is 4.47. The summed E-state index contributed by atoms with van der Waals surface area (Å²) in [6, 6.07) is 4.63. The van der Waals surface area contributed by atoms with Gasteiger partial charge in [-0.05, 0) is 25.1 Å². The van der Waals surface area contributed by atoms with E-state index in [1.807, 2.05) is 6.92 Å². The van der Waals surface area contributed by atoms with Crippen LogP contribution in [0.2, 0.25) is 0 Å². The lowest BCUT2D eigenvalue weighted by Gasteiger charge is -2.13. The molecule has 23 heavy (non-hydrogen) atoms. The van der Waals surface area contributed by atoms with Gasteiger partial charge in [0.1, 0.15) is 11.5 Å². The highest BCUT2D eigenvalue weighted by atomic mass is 19.3. The minimum atomic E-state index is -2.89. The average molecular weight is 331 g/mol. The van der Waals surface area contributed by atoms with E-state index in [9.17, 15) is 8.78 Å². The molecule has 8 heteroatoms. The molecule has 2 N–H and O–H groups in total. The fraction of sp³-hybridized carbons (Fsp3) is 0.533. The van der Waals surface area contributed by atoms with Crippen LogP contribution in [0, 0.1) is 0 Å². The van der Waals surface area contributed by atoms with Gasteiger partial charge in [0, 0.05) is 25.8 Å². The Morgan fingerprint density at radius 2 is 2.04 bits per heavy atom. The number of halogens is 2. The van der Waals surface area contributed by atoms with Crippen molar-refractivity contribution in [3.63, 3.8) is 0 Å². The van der Waals surface area contributed by atoms with E-state index in [0.717, 1.165) is 0 Å². The van der Waals surface area contributed by atoms with Crippen LogP contribution in [0.25, 0.3) is 0 Å². The predicted molar refractivity (Wildman–Crippen MR) is 84.3 cm³/mol. The predicted octanol–water partition coefficient (Wildman–Crippen LogP) is 2.00. The Kier molecular flexibility index (Phi) is 8.74. The van der Waals surface area contributed by atoms with Gasteiger partial charge in [-0.1, -0.05) is 0 Å². The third kappa shape index (κ3) is 7.14. The zero-order valence-corrected chi connectivity index (χ0v) is 13.6. The van der Waals surface area contributed by atoms with Crippen molar-refractivity contribution >= 4 is 5.96 Å². The van der Waals surface area contributed by atoms with Crippen molar-refractivity contribution in [3.05, 3.63) is 23.8 Å². The second-order valence-corrected chi connectivity index (χ2v) is 4.47. The van der Waals surface area contributed by atoms with E-state index in [0.29, 0.717) is 37.0 Å². The van der Waals surface area contributed by atoms with Crippen molar-refractivity contribution in [2.45, 2.75) is 20.1 Å². The Bertz CT molecular complexity index is 499. The Morgan fingerprint density at radius 3 is 2.65 bits per heavy atom. The van der Waals surface area contributed by atoms with Gasteiger partial charge in [-0.15, -0.1) is 0 Å². The van der Waals surface area contributed by atoms with Gasteiger partial charge >= 0.3 is 6.61 Å². The van der Waals surface area contributed by atoms with E-state index in [1.165, 1.54) is 13.2 Å². The number of benzene rings is 1. The minimum absolute atomic E-state index is 0.0808. The highest BCUT2D eigenvalue weighted by Gasteiger charge is 2.11. The standard InChI is InChI=1S/C15H23F2N3O3/c1-4-18-15(19-7-8-21-2)20-10-11-9-12(22-3)5-6-13(11)23-14(16)17/h5-6,9,14H,4,7-8,10H2,1-3H3,(H2,18,19,20). The molecule has 1 aromatic carbocycles. The number of methoxy groups -OCH3 is 2. The molecule has 0 aliphatic carbocycles. The summed E-state index contributed by atoms with van der Waals surface area (Å²) >= 11 is 0. The molecular formula is C15H23F2N3O3. The number of nitrogens with zero attached hydrogens (tertiary/aromatic N) is 1. The number of ether oxygens (including phenoxy) is 3. The van der Waals surface area contributed by atoms with Crippen LogP contribution in [0.5, 0.6) is 11.5 Å². The molecule has 0 aromatic heterocycles. The monoisotopic (exact) mass is 331 g/mol. The quantitative estimate of drug-likeness (QED) is 0.412. The number of aliphatic imine (C=N–C) groups is 1. The van der Waals surface area contributed by atoms with E-state index in [2.05, 4.69) is 20.4 Å². The summed E-state index contributed by atoms with van der Waals surface area (Å²) in [6.07, 6.45) is 0. The topological polar surface area (TPSA) is 64.1 Å². The fourth-order valence-corrected chi connectivity index (χ4v) is 1.79. The number of rotatable bonds is 9. The first kappa shape index (κ1) is 19.0. The molecule has 0 unspecified atom stereocenters. The van der Waals surface area contributed by atoms with Crippen LogP contribution in [-0.2, 0) is 11.3 Å². The maximum atomic E-state index is 12.5. The molecule has 0 bridgehead atoms. The first-order valence-electron chi connectivity index (χ1n) is 7.23. The minimum Gasteiger partial charge on any atom is -0.497 e. The largest absolute Gasteiger partial charge is 0.497 e. The zero-order valence-electron chi connectivity index (χ0n) is 13.6. The van der Waals surface area contributed by atoms with Gasteiger partial charge in [-0.25, -0.2) is 4.99 Å². The summed E-state index contributed by atoms with van der Waals surface area (Å²) in [5.41, 5.74) is 0.508. The molecule has 0 saturated carbocycles. The van der Waals surface area contributed by atoms with E-state index in [-0.39, 0.29) is 12.3 Å². The summed E-state index contributed by atoms with van der Waals surface area (Å²) in [5.74, 6) is 1.20. The summed E-state index contributed by atoms with van der Waals surface area (Å²) in [5, 5.41) is 6.14. The lowest BCUT2D eigenvalue weighted by atomic mass is 10.2. The molecule has 0 spiro atoms. The number of hydrogen-bond donors (Lipinski definition) is 2. The Morgan fingerprint density at radius 1 is 1.26 bits per heavy atom. The van der Waals surface area contributed by atoms with Crippen LogP contribution >= 0.6 is 0 Å². The summed E-state index contributed by atoms with van der Waals surface area (Å²) < 4.78 is 39.5. The molecule has 0 radical (unpaired) electrons. The molecule has 0 fully saturated rings. The third-order valence-electron chi connectivity index (χ3n) is 2.83. The van der Waals surface area contributed by atoms with E-state index >= 15 is 0 Å². The molecule has 130 valence electrons. The zero-order chi connectivity index (χ0) is 17.1. The van der Waals surface area contributed by atoms with Crippen molar-refractivity contribution < 1.29 is 23.0 Å². The van der Waals surface area contributed by atoms with Gasteiger partial charge in [0.05, 0.1) is 20.3 Å². The molecule has 0 atom stereocenters. The lowest BCUT2D eigenvalue weighted by Crippen LogP contribution is -2.38. The van der Waals surface area contributed by atoms with Crippen molar-refractivity contribution in [1.82, 2.24) is 10.6 Å². The Balaban J connectivity index is 2.87. The van der Waals surface area contributed by atoms with Gasteiger partial charge < -0.3 is 24.8 Å². The molecule has 0 amide bonds. The third-order valence-corrected chi connectivity index (χ3v) is 2.83. The molecule has 0 saturated heterocycles. The highest BCUT2D eigenvalue weighted by molar-refractivity contribution is 5.79. The fourth-order valence-electron chi connectivity index (χ4n) is 1.79.